The molecule has 1 saturated carbocycles. The van der Waals surface area contributed by atoms with Crippen molar-refractivity contribution < 1.29 is 5.11 Å². The highest BCUT2D eigenvalue weighted by Gasteiger charge is 2.38. The minimum atomic E-state index is -0.407. The summed E-state index contributed by atoms with van der Waals surface area (Å²) in [7, 11) is 0. The van der Waals surface area contributed by atoms with E-state index in [4.69, 9.17) is 0 Å². The van der Waals surface area contributed by atoms with Gasteiger partial charge in [0.05, 0.1) is 5.60 Å². The maximum atomic E-state index is 10.4. The van der Waals surface area contributed by atoms with Crippen molar-refractivity contribution in [2.75, 3.05) is 0 Å². The number of hydrogen-bond acceptors (Lipinski definition) is 1. The average Bonchev–Trinajstić information content (AvgIpc) is 2.55. The Morgan fingerprint density at radius 3 is 2.86 bits per heavy atom. The quantitative estimate of drug-likeness (QED) is 0.507. The summed E-state index contributed by atoms with van der Waals surface area (Å²) in [6.07, 6.45) is 11.2. The highest BCUT2D eigenvalue weighted by Crippen LogP contribution is 2.39. The van der Waals surface area contributed by atoms with E-state index in [-0.39, 0.29) is 0 Å². The molecule has 0 aromatic carbocycles. The van der Waals surface area contributed by atoms with E-state index in [1.54, 1.807) is 0 Å². The highest BCUT2D eigenvalue weighted by molar-refractivity contribution is 5.00. The summed E-state index contributed by atoms with van der Waals surface area (Å²) in [5.74, 6) is 0.351. The van der Waals surface area contributed by atoms with Crippen molar-refractivity contribution >= 4 is 0 Å². The lowest BCUT2D eigenvalue weighted by molar-refractivity contribution is 0.00860. The predicted molar refractivity (Wildman–Crippen MR) is 61.2 cm³/mol. The van der Waals surface area contributed by atoms with Gasteiger partial charge in [0.1, 0.15) is 0 Å². The SMILES string of the molecule is C=C[C@H]1CCC[C@]1(O)CCCCCC. The summed E-state index contributed by atoms with van der Waals surface area (Å²) in [5.41, 5.74) is -0.407. The largest absolute Gasteiger partial charge is 0.389 e. The van der Waals surface area contributed by atoms with E-state index in [9.17, 15) is 5.11 Å². The fraction of sp³-hybridized carbons (Fsp3) is 0.846. The Bertz CT molecular complexity index is 176. The molecule has 2 atom stereocenters. The van der Waals surface area contributed by atoms with Gasteiger partial charge in [0.25, 0.3) is 0 Å². The Hall–Kier alpha value is -0.300. The van der Waals surface area contributed by atoms with Crippen LogP contribution in [0, 0.1) is 5.92 Å². The third-order valence-electron chi connectivity index (χ3n) is 3.56. The smallest absolute Gasteiger partial charge is 0.0710 e. The molecular formula is C13H24O. The van der Waals surface area contributed by atoms with Crippen molar-refractivity contribution in [1.29, 1.82) is 0 Å². The lowest BCUT2D eigenvalue weighted by Gasteiger charge is -2.28. The second-order valence-corrected chi connectivity index (χ2v) is 4.65. The van der Waals surface area contributed by atoms with Crippen LogP contribution in [0.1, 0.15) is 58.3 Å². The van der Waals surface area contributed by atoms with Gasteiger partial charge in [-0.15, -0.1) is 6.58 Å². The molecule has 1 N–H and O–H groups in total. The van der Waals surface area contributed by atoms with E-state index in [0.717, 1.165) is 19.3 Å². The third-order valence-corrected chi connectivity index (χ3v) is 3.56. The van der Waals surface area contributed by atoms with Crippen molar-refractivity contribution in [3.63, 3.8) is 0 Å². The topological polar surface area (TPSA) is 20.2 Å². The third kappa shape index (κ3) is 2.84. The van der Waals surface area contributed by atoms with Crippen molar-refractivity contribution in [3.8, 4) is 0 Å². The molecule has 14 heavy (non-hydrogen) atoms. The van der Waals surface area contributed by atoms with Gasteiger partial charge in [-0.05, 0) is 25.7 Å². The predicted octanol–water partition coefficient (Wildman–Crippen LogP) is 3.67. The number of aliphatic hydroxyl groups is 1. The zero-order valence-electron chi connectivity index (χ0n) is 9.47. The van der Waals surface area contributed by atoms with E-state index >= 15 is 0 Å². The second-order valence-electron chi connectivity index (χ2n) is 4.65. The summed E-state index contributed by atoms with van der Waals surface area (Å²) >= 11 is 0. The first-order chi connectivity index (χ1) is 6.73. The molecule has 0 aromatic rings. The van der Waals surface area contributed by atoms with Gasteiger partial charge < -0.3 is 5.11 Å². The molecule has 0 unspecified atom stereocenters. The van der Waals surface area contributed by atoms with Gasteiger partial charge in [0.15, 0.2) is 0 Å². The first-order valence-corrected chi connectivity index (χ1v) is 6.08. The first-order valence-electron chi connectivity index (χ1n) is 6.08. The summed E-state index contributed by atoms with van der Waals surface area (Å²) < 4.78 is 0. The molecule has 1 heteroatoms. The lowest BCUT2D eigenvalue weighted by Crippen LogP contribution is -2.31. The molecule has 0 aromatic heterocycles. The summed E-state index contributed by atoms with van der Waals surface area (Å²) in [5, 5.41) is 10.4. The van der Waals surface area contributed by atoms with Gasteiger partial charge >= 0.3 is 0 Å². The minimum Gasteiger partial charge on any atom is -0.389 e. The van der Waals surface area contributed by atoms with E-state index in [1.165, 1.54) is 32.1 Å². The summed E-state index contributed by atoms with van der Waals surface area (Å²) in [4.78, 5) is 0. The minimum absolute atomic E-state index is 0.351. The Labute approximate surface area is 88.2 Å². The molecule has 1 fully saturated rings. The molecular weight excluding hydrogens is 172 g/mol. The number of rotatable bonds is 6. The van der Waals surface area contributed by atoms with Crippen LogP contribution in [0.15, 0.2) is 12.7 Å². The molecule has 0 spiro atoms. The second kappa shape index (κ2) is 5.55. The average molecular weight is 196 g/mol. The van der Waals surface area contributed by atoms with Crippen molar-refractivity contribution in [1.82, 2.24) is 0 Å². The normalized spacial score (nSPS) is 32.0. The zero-order valence-corrected chi connectivity index (χ0v) is 9.47. The molecule has 1 rings (SSSR count). The molecule has 1 nitrogen and oxygen atoms in total. The van der Waals surface area contributed by atoms with Crippen LogP contribution in [0.4, 0.5) is 0 Å². The summed E-state index contributed by atoms with van der Waals surface area (Å²) in [6.45, 7) is 6.04. The van der Waals surface area contributed by atoms with Crippen molar-refractivity contribution in [2.45, 2.75) is 63.9 Å². The van der Waals surface area contributed by atoms with Crippen LogP contribution in [-0.4, -0.2) is 10.7 Å². The van der Waals surface area contributed by atoms with Crippen LogP contribution in [0.25, 0.3) is 0 Å². The maximum Gasteiger partial charge on any atom is 0.0710 e. The maximum absolute atomic E-state index is 10.4. The van der Waals surface area contributed by atoms with Gasteiger partial charge in [0, 0.05) is 5.92 Å². The molecule has 0 heterocycles. The standard InChI is InChI=1S/C13H24O/c1-3-5-6-7-10-13(14)11-8-9-12(13)4-2/h4,12,14H,2-3,5-11H2,1H3/t12-,13+/m0/s1. The van der Waals surface area contributed by atoms with Crippen LogP contribution >= 0.6 is 0 Å². The molecule has 1 aliphatic rings. The van der Waals surface area contributed by atoms with Crippen LogP contribution in [-0.2, 0) is 0 Å². The first kappa shape index (κ1) is 11.8. The monoisotopic (exact) mass is 196 g/mol. The van der Waals surface area contributed by atoms with E-state index < -0.39 is 5.60 Å². The van der Waals surface area contributed by atoms with Gasteiger partial charge in [-0.3, -0.25) is 0 Å². The Morgan fingerprint density at radius 1 is 1.43 bits per heavy atom. The molecule has 0 aliphatic heterocycles. The van der Waals surface area contributed by atoms with E-state index in [1.807, 2.05) is 6.08 Å². The number of unbranched alkanes of at least 4 members (excludes halogenated alkanes) is 3. The van der Waals surface area contributed by atoms with Gasteiger partial charge in [-0.2, -0.15) is 0 Å². The van der Waals surface area contributed by atoms with Crippen molar-refractivity contribution in [3.05, 3.63) is 12.7 Å². The Kier molecular flexibility index (Phi) is 4.67. The molecule has 0 radical (unpaired) electrons. The van der Waals surface area contributed by atoms with E-state index in [0.29, 0.717) is 5.92 Å². The summed E-state index contributed by atoms with van der Waals surface area (Å²) in [6, 6.07) is 0. The van der Waals surface area contributed by atoms with Crippen LogP contribution in [0.3, 0.4) is 0 Å². The van der Waals surface area contributed by atoms with Crippen LogP contribution in [0.5, 0.6) is 0 Å². The molecule has 0 saturated heterocycles. The van der Waals surface area contributed by atoms with Crippen LogP contribution < -0.4 is 0 Å². The number of hydrogen-bond donors (Lipinski definition) is 1. The molecule has 1 aliphatic carbocycles. The lowest BCUT2D eigenvalue weighted by atomic mass is 9.86. The van der Waals surface area contributed by atoms with E-state index in [2.05, 4.69) is 13.5 Å². The van der Waals surface area contributed by atoms with Crippen LogP contribution in [0.2, 0.25) is 0 Å². The molecule has 0 bridgehead atoms. The van der Waals surface area contributed by atoms with Crippen molar-refractivity contribution in [2.24, 2.45) is 5.92 Å². The van der Waals surface area contributed by atoms with Gasteiger partial charge in [-0.1, -0.05) is 38.7 Å². The fourth-order valence-electron chi connectivity index (χ4n) is 2.59. The molecule has 82 valence electrons. The zero-order chi connectivity index (χ0) is 10.4. The fourth-order valence-corrected chi connectivity index (χ4v) is 2.59. The Morgan fingerprint density at radius 2 is 2.21 bits per heavy atom. The van der Waals surface area contributed by atoms with Gasteiger partial charge in [-0.25, -0.2) is 0 Å². The highest BCUT2D eigenvalue weighted by atomic mass is 16.3. The molecule has 0 amide bonds. The van der Waals surface area contributed by atoms with Gasteiger partial charge in [0.2, 0.25) is 0 Å². The Balaban J connectivity index is 2.29.